The first-order valence-electron chi connectivity index (χ1n) is 7.19. The summed E-state index contributed by atoms with van der Waals surface area (Å²) in [5.74, 6) is 0.595. The number of aromatic nitrogens is 1. The molecule has 0 spiro atoms. The van der Waals surface area contributed by atoms with Crippen LogP contribution in [0.5, 0.6) is 5.75 Å². The van der Waals surface area contributed by atoms with E-state index in [1.807, 2.05) is 28.8 Å². The summed E-state index contributed by atoms with van der Waals surface area (Å²) in [5.41, 5.74) is 0.936. The standard InChI is InChI=1S/C17H16N2O3S2/c1-3-12-19-15-6-4-5-7-16(15)23-17(19)18-24(20,21)14-10-8-13(22-2)9-11-14/h3-11H,1,12H2,2H3/b18-17-. The van der Waals surface area contributed by atoms with Crippen molar-refractivity contribution in [1.82, 2.24) is 4.57 Å². The summed E-state index contributed by atoms with van der Waals surface area (Å²) in [6, 6.07) is 13.9. The fourth-order valence-electron chi connectivity index (χ4n) is 2.30. The van der Waals surface area contributed by atoms with Gasteiger partial charge in [0, 0.05) is 6.54 Å². The van der Waals surface area contributed by atoms with Crippen LogP contribution in [0, 0.1) is 0 Å². The van der Waals surface area contributed by atoms with Crippen molar-refractivity contribution in [3.63, 3.8) is 0 Å². The van der Waals surface area contributed by atoms with E-state index >= 15 is 0 Å². The van der Waals surface area contributed by atoms with E-state index in [4.69, 9.17) is 4.74 Å². The molecule has 0 unspecified atom stereocenters. The number of rotatable bonds is 5. The second-order valence-corrected chi connectivity index (χ2v) is 7.61. The third-order valence-electron chi connectivity index (χ3n) is 3.46. The van der Waals surface area contributed by atoms with Gasteiger partial charge in [-0.25, -0.2) is 0 Å². The molecule has 0 amide bonds. The van der Waals surface area contributed by atoms with Gasteiger partial charge >= 0.3 is 0 Å². The van der Waals surface area contributed by atoms with Gasteiger partial charge in [-0.15, -0.1) is 11.0 Å². The molecule has 7 heteroatoms. The second-order valence-electron chi connectivity index (χ2n) is 4.99. The molecule has 3 aromatic rings. The lowest BCUT2D eigenvalue weighted by Gasteiger charge is -2.02. The number of nitrogens with zero attached hydrogens (tertiary/aromatic N) is 2. The average Bonchev–Trinajstić information content (AvgIpc) is 2.92. The zero-order valence-electron chi connectivity index (χ0n) is 13.0. The molecule has 0 bridgehead atoms. The van der Waals surface area contributed by atoms with E-state index in [9.17, 15) is 8.42 Å². The Morgan fingerprint density at radius 1 is 1.21 bits per heavy atom. The second kappa shape index (κ2) is 6.62. The fourth-order valence-corrected chi connectivity index (χ4v) is 4.54. The van der Waals surface area contributed by atoms with Gasteiger partial charge in [0.1, 0.15) is 5.75 Å². The lowest BCUT2D eigenvalue weighted by molar-refractivity contribution is 0.414. The number of allylic oxidation sites excluding steroid dienone is 1. The highest BCUT2D eigenvalue weighted by Gasteiger charge is 2.14. The van der Waals surface area contributed by atoms with E-state index in [-0.39, 0.29) is 4.90 Å². The van der Waals surface area contributed by atoms with E-state index in [0.717, 1.165) is 10.2 Å². The number of fused-ring (bicyclic) bond motifs is 1. The Morgan fingerprint density at radius 3 is 2.58 bits per heavy atom. The molecule has 0 atom stereocenters. The number of hydrogen-bond donors (Lipinski definition) is 0. The summed E-state index contributed by atoms with van der Waals surface area (Å²) in [4.78, 5) is 0.554. The Hall–Kier alpha value is -2.38. The Labute approximate surface area is 144 Å². The molecule has 5 nitrogen and oxygen atoms in total. The number of thiazole rings is 1. The molecule has 0 saturated carbocycles. The topological polar surface area (TPSA) is 60.7 Å². The predicted octanol–water partition coefficient (Wildman–Crippen LogP) is 3.19. The van der Waals surface area contributed by atoms with Gasteiger partial charge in [-0.1, -0.05) is 29.5 Å². The first-order chi connectivity index (χ1) is 11.5. The molecule has 0 saturated heterocycles. The van der Waals surface area contributed by atoms with Crippen LogP contribution < -0.4 is 9.54 Å². The van der Waals surface area contributed by atoms with Crippen LogP contribution in [0.1, 0.15) is 0 Å². The maximum Gasteiger partial charge on any atom is 0.285 e. The van der Waals surface area contributed by atoms with E-state index in [1.165, 1.54) is 30.6 Å². The molecule has 0 radical (unpaired) electrons. The summed E-state index contributed by atoms with van der Waals surface area (Å²) in [7, 11) is -2.27. The quantitative estimate of drug-likeness (QED) is 0.657. The van der Waals surface area contributed by atoms with Crippen molar-refractivity contribution in [2.24, 2.45) is 4.40 Å². The average molecular weight is 360 g/mol. The van der Waals surface area contributed by atoms with Gasteiger partial charge in [0.25, 0.3) is 10.0 Å². The van der Waals surface area contributed by atoms with Crippen molar-refractivity contribution in [3.05, 3.63) is 66.0 Å². The molecule has 0 fully saturated rings. The van der Waals surface area contributed by atoms with Gasteiger partial charge < -0.3 is 9.30 Å². The lowest BCUT2D eigenvalue weighted by Crippen LogP contribution is -2.16. The van der Waals surface area contributed by atoms with Crippen LogP contribution in [0.3, 0.4) is 0 Å². The number of benzene rings is 2. The van der Waals surface area contributed by atoms with Crippen LogP contribution in [0.4, 0.5) is 0 Å². The van der Waals surface area contributed by atoms with Gasteiger partial charge in [0.05, 0.1) is 22.2 Å². The zero-order chi connectivity index (χ0) is 17.2. The maximum absolute atomic E-state index is 12.6. The first kappa shape index (κ1) is 16.5. The minimum atomic E-state index is -3.80. The first-order valence-corrected chi connectivity index (χ1v) is 9.45. The molecule has 24 heavy (non-hydrogen) atoms. The molecule has 0 aliphatic heterocycles. The summed E-state index contributed by atoms with van der Waals surface area (Å²) in [6.07, 6.45) is 1.72. The summed E-state index contributed by atoms with van der Waals surface area (Å²) in [6.45, 7) is 4.22. The Bertz CT molecular complexity index is 1050. The Balaban J connectivity index is 2.17. The van der Waals surface area contributed by atoms with Crippen LogP contribution in [0.2, 0.25) is 0 Å². The molecule has 1 aromatic heterocycles. The smallest absolute Gasteiger partial charge is 0.285 e. The van der Waals surface area contributed by atoms with Gasteiger partial charge in [-0.2, -0.15) is 8.42 Å². The molecule has 3 rings (SSSR count). The molecular formula is C17H16N2O3S2. The van der Waals surface area contributed by atoms with Crippen molar-refractivity contribution in [2.75, 3.05) is 7.11 Å². The van der Waals surface area contributed by atoms with Gasteiger partial charge in [0.15, 0.2) is 0 Å². The predicted molar refractivity (Wildman–Crippen MR) is 95.8 cm³/mol. The van der Waals surface area contributed by atoms with Gasteiger partial charge in [-0.05, 0) is 36.4 Å². The number of ether oxygens (including phenoxy) is 1. The molecular weight excluding hydrogens is 344 g/mol. The zero-order valence-corrected chi connectivity index (χ0v) is 14.7. The van der Waals surface area contributed by atoms with Crippen LogP contribution in [0.25, 0.3) is 10.2 Å². The SMILES string of the molecule is C=CCn1/c(=N/S(=O)(=O)c2ccc(OC)cc2)sc2ccccc21. The number of sulfonamides is 1. The minimum Gasteiger partial charge on any atom is -0.497 e. The lowest BCUT2D eigenvalue weighted by atomic mass is 10.3. The van der Waals surface area contributed by atoms with Crippen LogP contribution in [0.15, 0.2) is 70.5 Å². The van der Waals surface area contributed by atoms with Crippen LogP contribution in [-0.2, 0) is 16.6 Å². The summed E-state index contributed by atoms with van der Waals surface area (Å²) >= 11 is 1.34. The summed E-state index contributed by atoms with van der Waals surface area (Å²) in [5, 5.41) is 0. The third-order valence-corrected chi connectivity index (χ3v) is 5.91. The number of methoxy groups -OCH3 is 1. The highest BCUT2D eigenvalue weighted by Crippen LogP contribution is 2.19. The molecule has 1 heterocycles. The van der Waals surface area contributed by atoms with Crippen molar-refractivity contribution in [1.29, 1.82) is 0 Å². The van der Waals surface area contributed by atoms with Gasteiger partial charge in [0.2, 0.25) is 4.80 Å². The van der Waals surface area contributed by atoms with E-state index in [2.05, 4.69) is 11.0 Å². The van der Waals surface area contributed by atoms with Crippen molar-refractivity contribution >= 4 is 31.6 Å². The molecule has 0 aliphatic rings. The van der Waals surface area contributed by atoms with Crippen molar-refractivity contribution in [3.8, 4) is 5.75 Å². The maximum atomic E-state index is 12.6. The Morgan fingerprint density at radius 2 is 1.92 bits per heavy atom. The van der Waals surface area contributed by atoms with E-state index in [0.29, 0.717) is 17.1 Å². The number of hydrogen-bond acceptors (Lipinski definition) is 4. The monoisotopic (exact) mass is 360 g/mol. The van der Waals surface area contributed by atoms with E-state index in [1.54, 1.807) is 18.2 Å². The highest BCUT2D eigenvalue weighted by atomic mass is 32.2. The highest BCUT2D eigenvalue weighted by molar-refractivity contribution is 7.90. The molecule has 2 aromatic carbocycles. The minimum absolute atomic E-state index is 0.130. The van der Waals surface area contributed by atoms with Crippen molar-refractivity contribution < 1.29 is 13.2 Å². The Kier molecular flexibility index (Phi) is 4.55. The molecule has 124 valence electrons. The fraction of sp³-hybridized carbons (Fsp3) is 0.118. The summed E-state index contributed by atoms with van der Waals surface area (Å²) < 4.78 is 37.1. The molecule has 0 aliphatic carbocycles. The normalized spacial score (nSPS) is 12.5. The van der Waals surface area contributed by atoms with Crippen molar-refractivity contribution in [2.45, 2.75) is 11.4 Å². The van der Waals surface area contributed by atoms with Crippen LogP contribution in [-0.4, -0.2) is 20.1 Å². The molecule has 0 N–H and O–H groups in total. The largest absolute Gasteiger partial charge is 0.497 e. The number of para-hydroxylation sites is 1. The van der Waals surface area contributed by atoms with Gasteiger partial charge in [-0.3, -0.25) is 0 Å². The van der Waals surface area contributed by atoms with Crippen LogP contribution >= 0.6 is 11.3 Å². The third kappa shape index (κ3) is 3.13. The van der Waals surface area contributed by atoms with E-state index < -0.39 is 10.0 Å².